The molecule has 3 nitrogen and oxygen atoms in total. The summed E-state index contributed by atoms with van der Waals surface area (Å²) in [5, 5.41) is 13.0. The maximum Gasteiger partial charge on any atom is 0.193 e. The van der Waals surface area contributed by atoms with Crippen LogP contribution in [-0.2, 0) is 6.42 Å². The SMILES string of the molecule is CC1CC(C)(C)CC(O)(Cc2cn3ccsc3n2)C1. The molecule has 0 radical (unpaired) electrons. The van der Waals surface area contributed by atoms with Gasteiger partial charge >= 0.3 is 0 Å². The Hall–Kier alpha value is -0.870. The highest BCUT2D eigenvalue weighted by Crippen LogP contribution is 2.45. The highest BCUT2D eigenvalue weighted by molar-refractivity contribution is 7.15. The number of imidazole rings is 1. The molecule has 0 aromatic carbocycles. The topological polar surface area (TPSA) is 37.5 Å². The van der Waals surface area contributed by atoms with Gasteiger partial charge in [-0.3, -0.25) is 4.40 Å². The van der Waals surface area contributed by atoms with Crippen LogP contribution in [0, 0.1) is 11.3 Å². The Morgan fingerprint density at radius 1 is 1.47 bits per heavy atom. The first-order valence-corrected chi connectivity index (χ1v) is 7.87. The Bertz CT molecular complexity index is 557. The summed E-state index contributed by atoms with van der Waals surface area (Å²) >= 11 is 1.64. The quantitative estimate of drug-likeness (QED) is 0.912. The average Bonchev–Trinajstić information content (AvgIpc) is 2.71. The van der Waals surface area contributed by atoms with E-state index in [1.807, 2.05) is 16.0 Å². The van der Waals surface area contributed by atoms with Crippen molar-refractivity contribution >= 4 is 16.3 Å². The van der Waals surface area contributed by atoms with Crippen molar-refractivity contribution in [2.75, 3.05) is 0 Å². The van der Waals surface area contributed by atoms with Gasteiger partial charge < -0.3 is 5.11 Å². The normalized spacial score (nSPS) is 30.8. The molecule has 104 valence electrons. The van der Waals surface area contributed by atoms with Gasteiger partial charge in [0.1, 0.15) is 0 Å². The zero-order chi connectivity index (χ0) is 13.7. The van der Waals surface area contributed by atoms with Gasteiger partial charge in [0.25, 0.3) is 0 Å². The van der Waals surface area contributed by atoms with Gasteiger partial charge in [0.05, 0.1) is 11.3 Å². The van der Waals surface area contributed by atoms with E-state index in [0.29, 0.717) is 12.3 Å². The number of aromatic nitrogens is 2. The number of rotatable bonds is 2. The summed E-state index contributed by atoms with van der Waals surface area (Å²) in [5.74, 6) is 0.581. The van der Waals surface area contributed by atoms with E-state index in [1.165, 1.54) is 6.42 Å². The zero-order valence-electron chi connectivity index (χ0n) is 11.9. The van der Waals surface area contributed by atoms with Crippen molar-refractivity contribution in [2.45, 2.75) is 52.1 Å². The summed E-state index contributed by atoms with van der Waals surface area (Å²) in [6.45, 7) is 6.77. The van der Waals surface area contributed by atoms with Crippen LogP contribution in [0.3, 0.4) is 0 Å². The molecule has 2 atom stereocenters. The second-order valence-electron chi connectivity index (χ2n) is 7.08. The second kappa shape index (κ2) is 4.32. The fourth-order valence-corrected chi connectivity index (χ4v) is 4.75. The maximum absolute atomic E-state index is 10.9. The summed E-state index contributed by atoms with van der Waals surface area (Å²) in [4.78, 5) is 5.62. The van der Waals surface area contributed by atoms with E-state index in [9.17, 15) is 5.11 Å². The van der Waals surface area contributed by atoms with Gasteiger partial charge in [-0.25, -0.2) is 4.98 Å². The van der Waals surface area contributed by atoms with Crippen molar-refractivity contribution in [1.29, 1.82) is 0 Å². The molecule has 1 aliphatic carbocycles. The van der Waals surface area contributed by atoms with E-state index in [4.69, 9.17) is 0 Å². The van der Waals surface area contributed by atoms with Crippen LogP contribution in [0.2, 0.25) is 0 Å². The summed E-state index contributed by atoms with van der Waals surface area (Å²) in [7, 11) is 0. The van der Waals surface area contributed by atoms with E-state index in [-0.39, 0.29) is 5.41 Å². The minimum Gasteiger partial charge on any atom is -0.389 e. The van der Waals surface area contributed by atoms with Gasteiger partial charge in [0.15, 0.2) is 4.96 Å². The molecular weight excluding hydrogens is 256 g/mol. The lowest BCUT2D eigenvalue weighted by Crippen LogP contribution is -2.43. The third kappa shape index (κ3) is 2.70. The Morgan fingerprint density at radius 3 is 2.95 bits per heavy atom. The van der Waals surface area contributed by atoms with Gasteiger partial charge in [0, 0.05) is 24.2 Å². The number of hydrogen-bond acceptors (Lipinski definition) is 3. The van der Waals surface area contributed by atoms with Crippen molar-refractivity contribution in [3.63, 3.8) is 0 Å². The van der Waals surface area contributed by atoms with E-state index in [1.54, 1.807) is 11.3 Å². The molecule has 1 saturated carbocycles. The summed E-state index contributed by atoms with van der Waals surface area (Å²) in [6.07, 6.45) is 7.71. The number of nitrogens with zero attached hydrogens (tertiary/aromatic N) is 2. The Balaban J connectivity index is 1.82. The fourth-order valence-electron chi connectivity index (χ4n) is 4.03. The highest BCUT2D eigenvalue weighted by atomic mass is 32.1. The molecule has 2 aromatic rings. The monoisotopic (exact) mass is 278 g/mol. The standard InChI is InChI=1S/C15H22N2OS/c1-11-6-14(2,3)10-15(18,7-11)8-12-9-17-4-5-19-13(17)16-12/h4-5,9,11,18H,6-8,10H2,1-3H3. The predicted octanol–water partition coefficient (Wildman–Crippen LogP) is 3.52. The van der Waals surface area contributed by atoms with Crippen LogP contribution in [0.4, 0.5) is 0 Å². The molecule has 19 heavy (non-hydrogen) atoms. The molecule has 0 saturated heterocycles. The molecule has 1 N–H and O–H groups in total. The van der Waals surface area contributed by atoms with E-state index in [2.05, 4.69) is 32.0 Å². The van der Waals surface area contributed by atoms with Gasteiger partial charge in [0.2, 0.25) is 0 Å². The first kappa shape index (κ1) is 13.1. The van der Waals surface area contributed by atoms with E-state index >= 15 is 0 Å². The summed E-state index contributed by atoms with van der Waals surface area (Å²) < 4.78 is 2.04. The number of fused-ring (bicyclic) bond motifs is 1. The van der Waals surface area contributed by atoms with Crippen molar-refractivity contribution in [1.82, 2.24) is 9.38 Å². The zero-order valence-corrected chi connectivity index (χ0v) is 12.7. The average molecular weight is 278 g/mol. The molecule has 2 unspecified atom stereocenters. The highest BCUT2D eigenvalue weighted by Gasteiger charge is 2.41. The van der Waals surface area contributed by atoms with Gasteiger partial charge in [-0.1, -0.05) is 20.8 Å². The molecule has 2 aromatic heterocycles. The molecule has 3 rings (SSSR count). The van der Waals surface area contributed by atoms with E-state index < -0.39 is 5.60 Å². The molecule has 0 aliphatic heterocycles. The lowest BCUT2D eigenvalue weighted by molar-refractivity contribution is -0.0579. The predicted molar refractivity (Wildman–Crippen MR) is 78.5 cm³/mol. The Labute approximate surface area is 118 Å². The third-order valence-electron chi connectivity index (χ3n) is 4.09. The van der Waals surface area contributed by atoms with Gasteiger partial charge in [-0.05, 0) is 30.6 Å². The Kier molecular flexibility index (Phi) is 2.98. The van der Waals surface area contributed by atoms with Crippen molar-refractivity contribution in [3.8, 4) is 0 Å². The minimum absolute atomic E-state index is 0.226. The number of thiazole rings is 1. The Morgan fingerprint density at radius 2 is 2.26 bits per heavy atom. The van der Waals surface area contributed by atoms with Crippen LogP contribution in [0.5, 0.6) is 0 Å². The van der Waals surface area contributed by atoms with Crippen molar-refractivity contribution in [2.24, 2.45) is 11.3 Å². The molecule has 0 amide bonds. The third-order valence-corrected chi connectivity index (χ3v) is 4.86. The van der Waals surface area contributed by atoms with Crippen LogP contribution < -0.4 is 0 Å². The lowest BCUT2D eigenvalue weighted by atomic mass is 9.64. The van der Waals surface area contributed by atoms with Gasteiger partial charge in [-0.2, -0.15) is 0 Å². The molecule has 4 heteroatoms. The maximum atomic E-state index is 10.9. The lowest BCUT2D eigenvalue weighted by Gasteiger charge is -2.44. The molecule has 1 aliphatic rings. The summed E-state index contributed by atoms with van der Waals surface area (Å²) in [5.41, 5.74) is 0.647. The number of hydrogen-bond donors (Lipinski definition) is 1. The summed E-state index contributed by atoms with van der Waals surface area (Å²) in [6, 6.07) is 0. The van der Waals surface area contributed by atoms with Crippen molar-refractivity contribution < 1.29 is 5.11 Å². The molecule has 2 heterocycles. The largest absolute Gasteiger partial charge is 0.389 e. The van der Waals surface area contributed by atoms with Crippen LogP contribution in [0.1, 0.15) is 45.7 Å². The van der Waals surface area contributed by atoms with Crippen molar-refractivity contribution in [3.05, 3.63) is 23.5 Å². The van der Waals surface area contributed by atoms with Gasteiger partial charge in [-0.15, -0.1) is 11.3 Å². The molecule has 1 fully saturated rings. The minimum atomic E-state index is -0.592. The van der Waals surface area contributed by atoms with E-state index in [0.717, 1.165) is 23.5 Å². The first-order chi connectivity index (χ1) is 8.85. The number of aliphatic hydroxyl groups is 1. The van der Waals surface area contributed by atoms with Crippen LogP contribution in [0.15, 0.2) is 17.8 Å². The molecule has 0 spiro atoms. The first-order valence-electron chi connectivity index (χ1n) is 6.99. The molecular formula is C15H22N2OS. The van der Waals surface area contributed by atoms with Crippen LogP contribution >= 0.6 is 11.3 Å². The smallest absolute Gasteiger partial charge is 0.193 e. The van der Waals surface area contributed by atoms with Crippen LogP contribution in [0.25, 0.3) is 4.96 Å². The van der Waals surface area contributed by atoms with Crippen LogP contribution in [-0.4, -0.2) is 20.1 Å². The fraction of sp³-hybridized carbons (Fsp3) is 0.667. The second-order valence-corrected chi connectivity index (χ2v) is 7.95. The molecule has 0 bridgehead atoms.